The van der Waals surface area contributed by atoms with Crippen molar-refractivity contribution in [2.75, 3.05) is 25.0 Å². The fourth-order valence-electron chi connectivity index (χ4n) is 4.43. The number of nitrogens with zero attached hydrogens (tertiary/aromatic N) is 4. The molecular weight excluding hydrogens is 352 g/mol. The van der Waals surface area contributed by atoms with E-state index < -0.39 is 0 Å². The summed E-state index contributed by atoms with van der Waals surface area (Å²) in [5.41, 5.74) is 4.92. The van der Waals surface area contributed by atoms with Crippen LogP contribution in [0.5, 0.6) is 0 Å². The molecule has 2 aliphatic heterocycles. The molecule has 6 heteroatoms. The van der Waals surface area contributed by atoms with E-state index in [1.54, 1.807) is 0 Å². The largest absolute Gasteiger partial charge is 0.363 e. The minimum Gasteiger partial charge on any atom is -0.363 e. The lowest BCUT2D eigenvalue weighted by Crippen LogP contribution is -2.61. The predicted molar refractivity (Wildman–Crippen MR) is 106 cm³/mol. The van der Waals surface area contributed by atoms with E-state index in [1.807, 2.05) is 24.1 Å². The van der Waals surface area contributed by atoms with Crippen LogP contribution in [0, 0.1) is 0 Å². The van der Waals surface area contributed by atoms with Gasteiger partial charge >= 0.3 is 0 Å². The molecule has 1 atom stereocenters. The van der Waals surface area contributed by atoms with Gasteiger partial charge in [0.2, 0.25) is 0 Å². The van der Waals surface area contributed by atoms with Crippen LogP contribution in [0.3, 0.4) is 0 Å². The van der Waals surface area contributed by atoms with Crippen molar-refractivity contribution >= 4 is 11.7 Å². The lowest BCUT2D eigenvalue weighted by Gasteiger charge is -2.45. The number of benzene rings is 1. The van der Waals surface area contributed by atoms with Gasteiger partial charge in [-0.2, -0.15) is 5.10 Å². The molecule has 3 heterocycles. The number of aromatic nitrogens is 2. The van der Waals surface area contributed by atoms with Crippen LogP contribution in [0.1, 0.15) is 35.2 Å². The summed E-state index contributed by atoms with van der Waals surface area (Å²) < 4.78 is 5.85. The predicted octanol–water partition coefficient (Wildman–Crippen LogP) is 2.14. The zero-order valence-electron chi connectivity index (χ0n) is 16.3. The molecule has 1 aliphatic carbocycles. The number of carbonyl (C=O) groups is 1. The second-order valence-electron chi connectivity index (χ2n) is 8.16. The number of anilines is 1. The Bertz CT molecular complexity index is 894. The summed E-state index contributed by atoms with van der Waals surface area (Å²) in [5, 5.41) is 8.85. The first-order valence-corrected chi connectivity index (χ1v) is 10.2. The minimum absolute atomic E-state index is 0.0793. The van der Waals surface area contributed by atoms with E-state index in [0.717, 1.165) is 37.4 Å². The lowest BCUT2D eigenvalue weighted by atomic mass is 9.96. The average molecular weight is 378 g/mol. The minimum atomic E-state index is -0.377. The Labute approximate surface area is 165 Å². The number of hydrogen-bond acceptors (Lipinski definition) is 5. The van der Waals surface area contributed by atoms with Crippen molar-refractivity contribution in [1.82, 2.24) is 15.1 Å². The monoisotopic (exact) mass is 378 g/mol. The Morgan fingerprint density at radius 1 is 1.11 bits per heavy atom. The van der Waals surface area contributed by atoms with Crippen LogP contribution >= 0.6 is 0 Å². The van der Waals surface area contributed by atoms with Crippen molar-refractivity contribution in [2.24, 2.45) is 0 Å². The highest BCUT2D eigenvalue weighted by Crippen LogP contribution is 2.27. The van der Waals surface area contributed by atoms with Gasteiger partial charge in [-0.25, -0.2) is 0 Å². The zero-order chi connectivity index (χ0) is 19.1. The molecule has 1 aromatic carbocycles. The molecule has 1 aromatic heterocycles. The SMILES string of the molecule is CN(C(=O)C1Cc2ccccc2CO1)C1CN(c2cc3c(nn2)CCCC3)C1. The Morgan fingerprint density at radius 2 is 1.89 bits per heavy atom. The summed E-state index contributed by atoms with van der Waals surface area (Å²) in [4.78, 5) is 17.0. The van der Waals surface area contributed by atoms with Crippen LogP contribution in [0.4, 0.5) is 5.82 Å². The van der Waals surface area contributed by atoms with Crippen molar-refractivity contribution in [1.29, 1.82) is 0 Å². The molecule has 6 nitrogen and oxygen atoms in total. The number of likely N-dealkylation sites (N-methyl/N-ethyl adjacent to an activating group) is 1. The van der Waals surface area contributed by atoms with E-state index in [-0.39, 0.29) is 18.1 Å². The Hall–Kier alpha value is -2.47. The summed E-state index contributed by atoms with van der Waals surface area (Å²) in [5.74, 6) is 1.02. The quantitative estimate of drug-likeness (QED) is 0.819. The lowest BCUT2D eigenvalue weighted by molar-refractivity contribution is -0.146. The fraction of sp³-hybridized carbons (Fsp3) is 0.500. The first-order chi connectivity index (χ1) is 13.7. The zero-order valence-corrected chi connectivity index (χ0v) is 16.3. The molecule has 1 unspecified atom stereocenters. The van der Waals surface area contributed by atoms with Gasteiger partial charge in [0.25, 0.3) is 5.91 Å². The third-order valence-corrected chi connectivity index (χ3v) is 6.38. The van der Waals surface area contributed by atoms with Crippen LogP contribution in [0.15, 0.2) is 30.3 Å². The standard InChI is InChI=1S/C22H26N4O2/c1-25(22(27)20-10-15-6-2-3-8-17(15)14-28-20)18-12-26(13-18)21-11-16-7-4-5-9-19(16)23-24-21/h2-3,6,8,11,18,20H,4-5,7,9-10,12-14H2,1H3. The fourth-order valence-corrected chi connectivity index (χ4v) is 4.43. The second-order valence-corrected chi connectivity index (χ2v) is 8.16. The average Bonchev–Trinajstić information content (AvgIpc) is 2.71. The summed E-state index contributed by atoms with van der Waals surface area (Å²) in [6.07, 6.45) is 4.89. The van der Waals surface area contributed by atoms with E-state index in [9.17, 15) is 4.79 Å². The van der Waals surface area contributed by atoms with E-state index in [0.29, 0.717) is 13.0 Å². The number of amides is 1. The Kier molecular flexibility index (Phi) is 4.51. The highest BCUT2D eigenvalue weighted by atomic mass is 16.5. The van der Waals surface area contributed by atoms with Crippen LogP contribution in [0.2, 0.25) is 0 Å². The Balaban J connectivity index is 1.20. The van der Waals surface area contributed by atoms with Crippen LogP contribution in [-0.2, 0) is 35.4 Å². The van der Waals surface area contributed by atoms with E-state index in [4.69, 9.17) is 4.74 Å². The maximum Gasteiger partial charge on any atom is 0.252 e. The molecule has 0 spiro atoms. The molecule has 1 saturated heterocycles. The first-order valence-electron chi connectivity index (χ1n) is 10.2. The molecule has 146 valence electrons. The Morgan fingerprint density at radius 3 is 2.75 bits per heavy atom. The molecule has 0 radical (unpaired) electrons. The molecule has 2 aromatic rings. The topological polar surface area (TPSA) is 58.6 Å². The molecule has 28 heavy (non-hydrogen) atoms. The highest BCUT2D eigenvalue weighted by Gasteiger charge is 2.37. The molecule has 0 saturated carbocycles. The van der Waals surface area contributed by atoms with E-state index >= 15 is 0 Å². The van der Waals surface area contributed by atoms with Gasteiger partial charge in [0.05, 0.1) is 18.3 Å². The van der Waals surface area contributed by atoms with Crippen molar-refractivity contribution in [3.63, 3.8) is 0 Å². The summed E-state index contributed by atoms with van der Waals surface area (Å²) in [6.45, 7) is 2.12. The van der Waals surface area contributed by atoms with Gasteiger partial charge in [0.15, 0.2) is 5.82 Å². The van der Waals surface area contributed by atoms with Gasteiger partial charge in [0, 0.05) is 26.6 Å². The van der Waals surface area contributed by atoms with Crippen LogP contribution in [0.25, 0.3) is 0 Å². The number of aryl methyl sites for hydroxylation is 2. The van der Waals surface area contributed by atoms with Gasteiger partial charge in [-0.1, -0.05) is 24.3 Å². The molecule has 1 fully saturated rings. The summed E-state index contributed by atoms with van der Waals surface area (Å²) >= 11 is 0. The van der Waals surface area contributed by atoms with E-state index in [1.165, 1.54) is 29.5 Å². The summed E-state index contributed by atoms with van der Waals surface area (Å²) in [6, 6.07) is 10.6. The number of ether oxygens (including phenoxy) is 1. The van der Waals surface area contributed by atoms with Crippen LogP contribution in [-0.4, -0.2) is 53.3 Å². The second kappa shape index (κ2) is 7.17. The highest BCUT2D eigenvalue weighted by molar-refractivity contribution is 5.82. The summed E-state index contributed by atoms with van der Waals surface area (Å²) in [7, 11) is 1.90. The number of hydrogen-bond donors (Lipinski definition) is 0. The van der Waals surface area contributed by atoms with Crippen molar-refractivity contribution in [3.05, 3.63) is 52.7 Å². The van der Waals surface area contributed by atoms with Crippen molar-refractivity contribution in [3.8, 4) is 0 Å². The maximum absolute atomic E-state index is 12.9. The van der Waals surface area contributed by atoms with Gasteiger partial charge in [-0.3, -0.25) is 4.79 Å². The molecule has 5 rings (SSSR count). The van der Waals surface area contributed by atoms with Crippen molar-refractivity contribution in [2.45, 2.75) is 50.9 Å². The van der Waals surface area contributed by atoms with Gasteiger partial charge in [0.1, 0.15) is 6.10 Å². The molecule has 0 bridgehead atoms. The van der Waals surface area contributed by atoms with Crippen molar-refractivity contribution < 1.29 is 9.53 Å². The molecule has 0 N–H and O–H groups in total. The first kappa shape index (κ1) is 17.6. The van der Waals surface area contributed by atoms with Gasteiger partial charge in [-0.15, -0.1) is 5.10 Å². The molecular formula is C22H26N4O2. The third-order valence-electron chi connectivity index (χ3n) is 6.38. The molecule has 1 amide bonds. The number of carbonyl (C=O) groups excluding carboxylic acids is 1. The maximum atomic E-state index is 12.9. The smallest absolute Gasteiger partial charge is 0.252 e. The third kappa shape index (κ3) is 3.15. The van der Waals surface area contributed by atoms with Gasteiger partial charge < -0.3 is 14.5 Å². The van der Waals surface area contributed by atoms with E-state index in [2.05, 4.69) is 33.3 Å². The number of rotatable bonds is 3. The number of fused-ring (bicyclic) bond motifs is 2. The van der Waals surface area contributed by atoms with Crippen LogP contribution < -0.4 is 4.90 Å². The molecule has 3 aliphatic rings. The van der Waals surface area contributed by atoms with Gasteiger partial charge in [-0.05, 0) is 48.4 Å². The normalized spacial score (nSPS) is 21.5.